The molecule has 1 aliphatic rings. The molecule has 0 amide bonds. The Labute approximate surface area is 115 Å². The molecule has 1 fully saturated rings. The molecule has 3 nitrogen and oxygen atoms in total. The van der Waals surface area contributed by atoms with Gasteiger partial charge in [-0.2, -0.15) is 0 Å². The van der Waals surface area contributed by atoms with E-state index in [1.165, 1.54) is 16.5 Å². The molecule has 1 unspecified atom stereocenters. The molecule has 2 N–H and O–H groups in total. The van der Waals surface area contributed by atoms with Crippen LogP contribution in [0.2, 0.25) is 0 Å². The molecular weight excluding hydrogens is 234 g/mol. The first-order valence-corrected chi connectivity index (χ1v) is 7.04. The van der Waals surface area contributed by atoms with E-state index in [2.05, 4.69) is 61.1 Å². The van der Waals surface area contributed by atoms with Gasteiger partial charge in [0.1, 0.15) is 0 Å². The van der Waals surface area contributed by atoms with Gasteiger partial charge in [-0.05, 0) is 44.5 Å². The van der Waals surface area contributed by atoms with Gasteiger partial charge in [-0.15, -0.1) is 0 Å². The highest BCUT2D eigenvalue weighted by atomic mass is 15.1. The summed E-state index contributed by atoms with van der Waals surface area (Å²) in [6.45, 7) is 0. The molecule has 1 atom stereocenters. The molecule has 1 saturated carbocycles. The Morgan fingerprint density at radius 2 is 1.95 bits per heavy atom. The number of benzene rings is 1. The Bertz CT molecular complexity index is 579. The highest BCUT2D eigenvalue weighted by Crippen LogP contribution is 2.42. The summed E-state index contributed by atoms with van der Waals surface area (Å²) in [5, 5.41) is 1.38. The quantitative estimate of drug-likeness (QED) is 0.917. The molecule has 3 rings (SSSR count). The summed E-state index contributed by atoms with van der Waals surface area (Å²) >= 11 is 0. The van der Waals surface area contributed by atoms with Crippen LogP contribution in [-0.2, 0) is 7.05 Å². The van der Waals surface area contributed by atoms with Crippen LogP contribution in [0.4, 0.5) is 0 Å². The average Bonchev–Trinajstić information content (AvgIpc) is 2.66. The van der Waals surface area contributed by atoms with Crippen LogP contribution >= 0.6 is 0 Å². The van der Waals surface area contributed by atoms with Crippen molar-refractivity contribution in [3.05, 3.63) is 36.0 Å². The van der Waals surface area contributed by atoms with E-state index >= 15 is 0 Å². The number of rotatable bonds is 3. The first-order valence-electron chi connectivity index (χ1n) is 7.04. The molecule has 1 aromatic heterocycles. The molecule has 2 aromatic rings. The first-order chi connectivity index (χ1) is 9.08. The molecule has 1 heterocycles. The molecule has 1 aromatic carbocycles. The summed E-state index contributed by atoms with van der Waals surface area (Å²) in [7, 11) is 6.48. The monoisotopic (exact) mass is 257 g/mol. The fourth-order valence-corrected chi connectivity index (χ4v) is 3.53. The summed E-state index contributed by atoms with van der Waals surface area (Å²) in [5.74, 6) is 0.691. The van der Waals surface area contributed by atoms with Gasteiger partial charge in [0.15, 0.2) is 0 Å². The molecule has 0 spiro atoms. The van der Waals surface area contributed by atoms with Crippen LogP contribution in [0.25, 0.3) is 10.9 Å². The zero-order valence-electron chi connectivity index (χ0n) is 12.0. The minimum atomic E-state index is 0.405. The molecule has 0 aliphatic heterocycles. The topological polar surface area (TPSA) is 34.2 Å². The van der Waals surface area contributed by atoms with E-state index in [1.54, 1.807) is 0 Å². The summed E-state index contributed by atoms with van der Waals surface area (Å²) in [4.78, 5) is 2.35. The molecule has 0 radical (unpaired) electrons. The maximum absolute atomic E-state index is 5.98. The number of hydrogen-bond donors (Lipinski definition) is 1. The Morgan fingerprint density at radius 3 is 2.58 bits per heavy atom. The fraction of sp³-hybridized carbons (Fsp3) is 0.500. The highest BCUT2D eigenvalue weighted by Gasteiger charge is 2.36. The standard InChI is InChI=1S/C16H23N3/c1-18(2)16(11-8-12(17)9-11)14-10-19(3)15-7-5-4-6-13(14)15/h4-7,10-12,16H,8-9,17H2,1-3H3. The highest BCUT2D eigenvalue weighted by molar-refractivity contribution is 5.84. The van der Waals surface area contributed by atoms with Crippen LogP contribution in [0.3, 0.4) is 0 Å². The van der Waals surface area contributed by atoms with Gasteiger partial charge in [-0.25, -0.2) is 0 Å². The predicted octanol–water partition coefficient (Wildman–Crippen LogP) is 2.52. The number of fused-ring (bicyclic) bond motifs is 1. The molecule has 102 valence electrons. The van der Waals surface area contributed by atoms with E-state index in [4.69, 9.17) is 5.73 Å². The lowest BCUT2D eigenvalue weighted by atomic mass is 9.73. The van der Waals surface area contributed by atoms with Crippen molar-refractivity contribution in [3.8, 4) is 0 Å². The number of hydrogen-bond acceptors (Lipinski definition) is 2. The van der Waals surface area contributed by atoms with Gasteiger partial charge in [-0.3, -0.25) is 0 Å². The molecule has 0 saturated heterocycles. The lowest BCUT2D eigenvalue weighted by molar-refractivity contribution is 0.124. The number of para-hydroxylation sites is 1. The second-order valence-corrected chi connectivity index (χ2v) is 6.11. The van der Waals surface area contributed by atoms with Crippen molar-refractivity contribution in [2.45, 2.75) is 24.9 Å². The predicted molar refractivity (Wildman–Crippen MR) is 80.0 cm³/mol. The van der Waals surface area contributed by atoms with Crippen molar-refractivity contribution >= 4 is 10.9 Å². The lowest BCUT2D eigenvalue weighted by Gasteiger charge is -2.41. The third-order valence-corrected chi connectivity index (χ3v) is 4.46. The van der Waals surface area contributed by atoms with Crippen LogP contribution in [0.15, 0.2) is 30.5 Å². The Hall–Kier alpha value is -1.32. The van der Waals surface area contributed by atoms with Gasteiger partial charge < -0.3 is 15.2 Å². The molecule has 3 heteroatoms. The van der Waals surface area contributed by atoms with E-state index in [0.717, 1.165) is 12.8 Å². The third-order valence-electron chi connectivity index (χ3n) is 4.46. The first kappa shape index (κ1) is 12.7. The minimum Gasteiger partial charge on any atom is -0.350 e. The number of aromatic nitrogens is 1. The smallest absolute Gasteiger partial charge is 0.0481 e. The second kappa shape index (κ2) is 4.66. The average molecular weight is 257 g/mol. The number of aryl methyl sites for hydroxylation is 1. The minimum absolute atomic E-state index is 0.405. The van der Waals surface area contributed by atoms with E-state index in [0.29, 0.717) is 18.0 Å². The molecular formula is C16H23N3. The maximum atomic E-state index is 5.98. The second-order valence-electron chi connectivity index (χ2n) is 6.11. The van der Waals surface area contributed by atoms with E-state index in [-0.39, 0.29) is 0 Å². The van der Waals surface area contributed by atoms with E-state index in [1.807, 2.05) is 0 Å². The van der Waals surface area contributed by atoms with E-state index < -0.39 is 0 Å². The van der Waals surface area contributed by atoms with Crippen molar-refractivity contribution < 1.29 is 0 Å². The fourth-order valence-electron chi connectivity index (χ4n) is 3.53. The largest absolute Gasteiger partial charge is 0.350 e. The summed E-state index contributed by atoms with van der Waals surface area (Å²) in [5.41, 5.74) is 8.74. The van der Waals surface area contributed by atoms with Crippen LogP contribution in [0.5, 0.6) is 0 Å². The van der Waals surface area contributed by atoms with Crippen LogP contribution in [0, 0.1) is 5.92 Å². The number of nitrogens with zero attached hydrogens (tertiary/aromatic N) is 2. The SMILES string of the molecule is CN(C)C(c1cn(C)c2ccccc12)C1CC(N)C1. The normalized spacial score (nSPS) is 24.7. The van der Waals surface area contributed by atoms with Crippen LogP contribution < -0.4 is 5.73 Å². The lowest BCUT2D eigenvalue weighted by Crippen LogP contribution is -2.43. The summed E-state index contributed by atoms with van der Waals surface area (Å²) in [6, 6.07) is 9.55. The van der Waals surface area contributed by atoms with Gasteiger partial charge in [-0.1, -0.05) is 18.2 Å². The van der Waals surface area contributed by atoms with Crippen molar-refractivity contribution in [1.29, 1.82) is 0 Å². The van der Waals surface area contributed by atoms with Gasteiger partial charge in [0.05, 0.1) is 0 Å². The van der Waals surface area contributed by atoms with Gasteiger partial charge in [0.25, 0.3) is 0 Å². The van der Waals surface area contributed by atoms with E-state index in [9.17, 15) is 0 Å². The van der Waals surface area contributed by atoms with Gasteiger partial charge in [0.2, 0.25) is 0 Å². The van der Waals surface area contributed by atoms with Gasteiger partial charge >= 0.3 is 0 Å². The van der Waals surface area contributed by atoms with Crippen LogP contribution in [-0.4, -0.2) is 29.6 Å². The van der Waals surface area contributed by atoms with Crippen molar-refractivity contribution in [3.63, 3.8) is 0 Å². The Kier molecular flexibility index (Phi) is 3.11. The van der Waals surface area contributed by atoms with Crippen molar-refractivity contribution in [1.82, 2.24) is 9.47 Å². The molecule has 19 heavy (non-hydrogen) atoms. The third kappa shape index (κ3) is 2.07. The summed E-state index contributed by atoms with van der Waals surface area (Å²) < 4.78 is 2.24. The maximum Gasteiger partial charge on any atom is 0.0481 e. The van der Waals surface area contributed by atoms with Crippen molar-refractivity contribution in [2.75, 3.05) is 14.1 Å². The Balaban J connectivity index is 2.05. The van der Waals surface area contributed by atoms with Crippen molar-refractivity contribution in [2.24, 2.45) is 18.7 Å². The molecule has 0 bridgehead atoms. The van der Waals surface area contributed by atoms with Gasteiger partial charge in [0, 0.05) is 36.2 Å². The number of nitrogens with two attached hydrogens (primary N) is 1. The zero-order chi connectivity index (χ0) is 13.6. The zero-order valence-corrected chi connectivity index (χ0v) is 12.0. The summed E-state index contributed by atoms with van der Waals surface area (Å²) in [6.07, 6.45) is 4.58. The molecule has 1 aliphatic carbocycles. The van der Waals surface area contributed by atoms with Crippen LogP contribution in [0.1, 0.15) is 24.4 Å². The Morgan fingerprint density at radius 1 is 1.26 bits per heavy atom.